The van der Waals surface area contributed by atoms with E-state index in [9.17, 15) is 4.39 Å². The molecule has 2 heterocycles. The van der Waals surface area contributed by atoms with Crippen LogP contribution >= 0.6 is 0 Å². The molecule has 110 valence electrons. The Morgan fingerprint density at radius 2 is 2.05 bits per heavy atom. The molecule has 0 spiro atoms. The molecule has 0 saturated carbocycles. The second-order valence-electron chi connectivity index (χ2n) is 5.19. The Morgan fingerprint density at radius 3 is 2.76 bits per heavy atom. The molecule has 0 bridgehead atoms. The van der Waals surface area contributed by atoms with E-state index in [0.29, 0.717) is 12.3 Å². The van der Waals surface area contributed by atoms with Crippen LogP contribution in [-0.4, -0.2) is 30.2 Å². The molecule has 0 atom stereocenters. The van der Waals surface area contributed by atoms with Crippen LogP contribution < -0.4 is 9.64 Å². The molecular weight excluding hydrogens is 269 g/mol. The van der Waals surface area contributed by atoms with E-state index in [0.717, 1.165) is 30.0 Å². The van der Waals surface area contributed by atoms with Gasteiger partial charge in [-0.1, -0.05) is 12.1 Å². The minimum Gasteiger partial charge on any atom is -0.481 e. The SMILES string of the molecule is COc1ncnc(N2CCCC2)c1Cc1cccc(F)c1. The van der Waals surface area contributed by atoms with Crippen LogP contribution in [0.1, 0.15) is 24.0 Å². The summed E-state index contributed by atoms with van der Waals surface area (Å²) >= 11 is 0. The zero-order valence-corrected chi connectivity index (χ0v) is 12.1. The van der Waals surface area contributed by atoms with E-state index in [4.69, 9.17) is 4.74 Å². The number of ether oxygens (including phenoxy) is 1. The van der Waals surface area contributed by atoms with Gasteiger partial charge in [0.15, 0.2) is 0 Å². The molecule has 5 heteroatoms. The first kappa shape index (κ1) is 13.8. The summed E-state index contributed by atoms with van der Waals surface area (Å²) in [7, 11) is 1.60. The summed E-state index contributed by atoms with van der Waals surface area (Å²) in [5, 5.41) is 0. The van der Waals surface area contributed by atoms with Crippen molar-refractivity contribution in [2.45, 2.75) is 19.3 Å². The van der Waals surface area contributed by atoms with Crippen molar-refractivity contribution in [2.75, 3.05) is 25.1 Å². The van der Waals surface area contributed by atoms with Crippen molar-refractivity contribution in [2.24, 2.45) is 0 Å². The molecule has 1 aromatic carbocycles. The minimum atomic E-state index is -0.231. The van der Waals surface area contributed by atoms with Gasteiger partial charge in [0, 0.05) is 19.5 Å². The lowest BCUT2D eigenvalue weighted by Crippen LogP contribution is -2.21. The number of methoxy groups -OCH3 is 1. The quantitative estimate of drug-likeness (QED) is 0.866. The van der Waals surface area contributed by atoms with Gasteiger partial charge in [0.2, 0.25) is 5.88 Å². The van der Waals surface area contributed by atoms with Crippen LogP contribution in [-0.2, 0) is 6.42 Å². The van der Waals surface area contributed by atoms with Crippen LogP contribution in [0.5, 0.6) is 5.88 Å². The second-order valence-corrected chi connectivity index (χ2v) is 5.19. The minimum absolute atomic E-state index is 0.231. The molecule has 4 nitrogen and oxygen atoms in total. The maximum Gasteiger partial charge on any atom is 0.221 e. The van der Waals surface area contributed by atoms with Gasteiger partial charge in [-0.25, -0.2) is 14.4 Å². The van der Waals surface area contributed by atoms with E-state index >= 15 is 0 Å². The molecule has 0 unspecified atom stereocenters. The van der Waals surface area contributed by atoms with E-state index in [1.165, 1.54) is 25.2 Å². The zero-order chi connectivity index (χ0) is 14.7. The first-order valence-corrected chi connectivity index (χ1v) is 7.15. The Balaban J connectivity index is 1.98. The maximum atomic E-state index is 13.4. The molecular formula is C16H18FN3O. The van der Waals surface area contributed by atoms with Crippen molar-refractivity contribution in [1.82, 2.24) is 9.97 Å². The van der Waals surface area contributed by atoms with Gasteiger partial charge in [0.05, 0.1) is 12.7 Å². The third kappa shape index (κ3) is 2.96. The lowest BCUT2D eigenvalue weighted by Gasteiger charge is -2.21. The highest BCUT2D eigenvalue weighted by Gasteiger charge is 2.21. The van der Waals surface area contributed by atoms with Gasteiger partial charge in [-0.2, -0.15) is 0 Å². The van der Waals surface area contributed by atoms with E-state index in [1.807, 2.05) is 6.07 Å². The summed E-state index contributed by atoms with van der Waals surface area (Å²) < 4.78 is 18.8. The third-order valence-electron chi connectivity index (χ3n) is 3.75. The molecule has 0 N–H and O–H groups in total. The number of aromatic nitrogens is 2. The van der Waals surface area contributed by atoms with Crippen molar-refractivity contribution in [1.29, 1.82) is 0 Å². The number of nitrogens with zero attached hydrogens (tertiary/aromatic N) is 3. The Kier molecular flexibility index (Phi) is 3.99. The standard InChI is InChI=1S/C16H18FN3O/c1-21-16-14(10-12-5-4-6-13(17)9-12)15(18-11-19-16)20-7-2-3-8-20/h4-6,9,11H,2-3,7-8,10H2,1H3. The van der Waals surface area contributed by atoms with Gasteiger partial charge in [-0.05, 0) is 30.5 Å². The highest BCUT2D eigenvalue weighted by Crippen LogP contribution is 2.29. The molecule has 1 aliphatic rings. The molecule has 0 amide bonds. The second kappa shape index (κ2) is 6.08. The summed E-state index contributed by atoms with van der Waals surface area (Å²) in [5.41, 5.74) is 1.82. The van der Waals surface area contributed by atoms with Crippen LogP contribution in [0, 0.1) is 5.82 Å². The van der Waals surface area contributed by atoms with Crippen molar-refractivity contribution < 1.29 is 9.13 Å². The third-order valence-corrected chi connectivity index (χ3v) is 3.75. The molecule has 1 aromatic heterocycles. The summed E-state index contributed by atoms with van der Waals surface area (Å²) in [6.45, 7) is 1.99. The number of anilines is 1. The topological polar surface area (TPSA) is 38.3 Å². The fourth-order valence-corrected chi connectivity index (χ4v) is 2.77. The average molecular weight is 287 g/mol. The van der Waals surface area contributed by atoms with Crippen LogP contribution in [0.3, 0.4) is 0 Å². The molecule has 1 fully saturated rings. The fraction of sp³-hybridized carbons (Fsp3) is 0.375. The van der Waals surface area contributed by atoms with Gasteiger partial charge in [0.25, 0.3) is 0 Å². The van der Waals surface area contributed by atoms with Gasteiger partial charge in [0.1, 0.15) is 18.0 Å². The number of hydrogen-bond donors (Lipinski definition) is 0. The predicted octanol–water partition coefficient (Wildman–Crippen LogP) is 2.82. The molecule has 2 aromatic rings. The highest BCUT2D eigenvalue weighted by atomic mass is 19.1. The van der Waals surface area contributed by atoms with Gasteiger partial charge < -0.3 is 9.64 Å². The van der Waals surface area contributed by atoms with Crippen LogP contribution in [0.25, 0.3) is 0 Å². The van der Waals surface area contributed by atoms with Crippen LogP contribution in [0.15, 0.2) is 30.6 Å². The maximum absolute atomic E-state index is 13.4. The summed E-state index contributed by atoms with van der Waals surface area (Å²) in [6, 6.07) is 6.61. The van der Waals surface area contributed by atoms with Crippen molar-refractivity contribution in [3.63, 3.8) is 0 Å². The largest absolute Gasteiger partial charge is 0.481 e. The van der Waals surface area contributed by atoms with Crippen molar-refractivity contribution >= 4 is 5.82 Å². The number of hydrogen-bond acceptors (Lipinski definition) is 4. The zero-order valence-electron chi connectivity index (χ0n) is 12.1. The molecule has 1 aliphatic heterocycles. The summed E-state index contributed by atoms with van der Waals surface area (Å²) in [4.78, 5) is 10.9. The van der Waals surface area contributed by atoms with Crippen LogP contribution in [0.4, 0.5) is 10.2 Å². The van der Waals surface area contributed by atoms with Crippen LogP contribution in [0.2, 0.25) is 0 Å². The lowest BCUT2D eigenvalue weighted by atomic mass is 10.1. The average Bonchev–Trinajstić information content (AvgIpc) is 3.01. The monoisotopic (exact) mass is 287 g/mol. The normalized spacial score (nSPS) is 14.5. The fourth-order valence-electron chi connectivity index (χ4n) is 2.77. The number of halogens is 1. The van der Waals surface area contributed by atoms with E-state index in [1.54, 1.807) is 19.2 Å². The van der Waals surface area contributed by atoms with E-state index in [2.05, 4.69) is 14.9 Å². The Hall–Kier alpha value is -2.17. The molecule has 3 rings (SSSR count). The molecule has 21 heavy (non-hydrogen) atoms. The molecule has 0 aliphatic carbocycles. The van der Waals surface area contributed by atoms with Gasteiger partial charge in [-0.3, -0.25) is 0 Å². The smallest absolute Gasteiger partial charge is 0.221 e. The van der Waals surface area contributed by atoms with Crippen molar-refractivity contribution in [3.8, 4) is 5.88 Å². The predicted molar refractivity (Wildman–Crippen MR) is 79.2 cm³/mol. The van der Waals surface area contributed by atoms with E-state index < -0.39 is 0 Å². The first-order valence-electron chi connectivity index (χ1n) is 7.15. The molecule has 0 radical (unpaired) electrons. The van der Waals surface area contributed by atoms with Gasteiger partial charge >= 0.3 is 0 Å². The summed E-state index contributed by atoms with van der Waals surface area (Å²) in [6.07, 6.45) is 4.44. The summed E-state index contributed by atoms with van der Waals surface area (Å²) in [5.74, 6) is 1.24. The Bertz CT molecular complexity index is 627. The Morgan fingerprint density at radius 1 is 1.24 bits per heavy atom. The number of rotatable bonds is 4. The Labute approximate surface area is 123 Å². The van der Waals surface area contributed by atoms with Gasteiger partial charge in [-0.15, -0.1) is 0 Å². The first-order chi connectivity index (χ1) is 10.3. The van der Waals surface area contributed by atoms with Crippen molar-refractivity contribution in [3.05, 3.63) is 47.5 Å². The number of benzene rings is 1. The van der Waals surface area contributed by atoms with E-state index in [-0.39, 0.29) is 5.82 Å². The molecule has 1 saturated heterocycles. The lowest BCUT2D eigenvalue weighted by molar-refractivity contribution is 0.392. The highest BCUT2D eigenvalue weighted by molar-refractivity contribution is 5.53.